The average Bonchev–Trinajstić information content (AvgIpc) is 0.826. The molecule has 0 aromatic carbocycles. The summed E-state index contributed by atoms with van der Waals surface area (Å²) >= 11 is 12.6. The summed E-state index contributed by atoms with van der Waals surface area (Å²) in [6.07, 6.45) is -6.67. The number of thiol groups is 3. The molecule has 0 aliphatic carbocycles. The Balaban J connectivity index is 1.63. The predicted octanol–water partition coefficient (Wildman–Crippen LogP) is 3.57. The molecule has 3 rings (SSSR count). The van der Waals surface area contributed by atoms with Crippen molar-refractivity contribution in [1.29, 1.82) is 0 Å². The Hall–Kier alpha value is -0.270. The van der Waals surface area contributed by atoms with E-state index in [-0.39, 0.29) is 91.8 Å². The van der Waals surface area contributed by atoms with Crippen LogP contribution in [-0.2, 0) is 96.9 Å². The molecule has 0 aromatic heterocycles. The van der Waals surface area contributed by atoms with Gasteiger partial charge in [0.1, 0.15) is 84.7 Å². The molecular formula is C57H112N4O31P4S4. The number of amides is 3. The molecular weight excluding hydrogens is 1490 g/mol. The molecule has 3 aliphatic rings. The molecule has 43 heteroatoms. The van der Waals surface area contributed by atoms with Crippen molar-refractivity contribution in [2.45, 2.75) is 240 Å². The Morgan fingerprint density at radius 1 is 0.440 bits per heavy atom. The third kappa shape index (κ3) is 36.3. The maximum atomic E-state index is 14.0. The van der Waals surface area contributed by atoms with E-state index in [1.807, 2.05) is 11.9 Å². The van der Waals surface area contributed by atoms with E-state index in [1.165, 1.54) is 27.9 Å². The van der Waals surface area contributed by atoms with Crippen molar-refractivity contribution in [3.63, 3.8) is 0 Å². The van der Waals surface area contributed by atoms with Crippen LogP contribution in [0.1, 0.15) is 143 Å². The summed E-state index contributed by atoms with van der Waals surface area (Å²) in [5.74, 6) is -1.44. The second-order valence-electron chi connectivity index (χ2n) is 24.4. The molecule has 3 heterocycles. The van der Waals surface area contributed by atoms with Gasteiger partial charge in [-0.3, -0.25) is 23.4 Å². The summed E-state index contributed by atoms with van der Waals surface area (Å²) in [4.78, 5) is 47.1. The molecule has 19 unspecified atom stereocenters. The van der Waals surface area contributed by atoms with Gasteiger partial charge in [0.2, 0.25) is 17.7 Å². The highest BCUT2D eigenvalue weighted by Gasteiger charge is 2.48. The van der Waals surface area contributed by atoms with Crippen molar-refractivity contribution < 1.29 is 148 Å². The number of aliphatic hydroxyl groups is 9. The number of ether oxygens (including phenoxy) is 6. The maximum Gasteiger partial charge on any atom is 0.415 e. The van der Waals surface area contributed by atoms with Crippen molar-refractivity contribution in [2.24, 2.45) is 0 Å². The van der Waals surface area contributed by atoms with E-state index in [0.717, 1.165) is 0 Å². The largest absolute Gasteiger partial charge is 0.415 e. The van der Waals surface area contributed by atoms with E-state index >= 15 is 0 Å². The number of unbranched alkanes of at least 4 members (excludes halogenated alkanes) is 9. The lowest BCUT2D eigenvalue weighted by Crippen LogP contribution is -2.64. The third-order valence-electron chi connectivity index (χ3n) is 16.5. The number of aliphatic hydroxyl groups excluding tert-OH is 9. The van der Waals surface area contributed by atoms with Crippen LogP contribution >= 0.6 is 75.6 Å². The molecule has 35 nitrogen and oxygen atoms in total. The zero-order chi connectivity index (χ0) is 74.5. The Kier molecular flexibility index (Phi) is 46.7. The lowest BCUT2D eigenvalue weighted by atomic mass is 9.82. The number of hydrogen-bond acceptors (Lipinski definition) is 32. The molecule has 0 saturated carbocycles. The molecule has 13 N–H and O–H groups in total. The van der Waals surface area contributed by atoms with Gasteiger partial charge in [-0.05, 0) is 90.5 Å². The molecule has 590 valence electrons. The van der Waals surface area contributed by atoms with Gasteiger partial charge >= 0.3 is 27.2 Å². The Morgan fingerprint density at radius 3 is 1.01 bits per heavy atom. The van der Waals surface area contributed by atoms with Gasteiger partial charge in [-0.2, -0.15) is 0 Å². The van der Waals surface area contributed by atoms with Crippen molar-refractivity contribution in [3.05, 3.63) is 0 Å². The van der Waals surface area contributed by atoms with Crippen molar-refractivity contribution in [1.82, 2.24) is 20.9 Å². The van der Waals surface area contributed by atoms with E-state index in [2.05, 4.69) is 52.7 Å². The molecule has 3 aliphatic heterocycles. The van der Waals surface area contributed by atoms with Crippen LogP contribution < -0.4 is 16.0 Å². The number of nitrogens with one attached hydrogen (secondary N) is 3. The number of hydrogen-bond donors (Lipinski definition) is 16. The molecule has 100 heavy (non-hydrogen) atoms. The first-order valence-corrected chi connectivity index (χ1v) is 44.6. The van der Waals surface area contributed by atoms with Gasteiger partial charge < -0.3 is 127 Å². The first kappa shape index (κ1) is 93.9. The van der Waals surface area contributed by atoms with E-state index in [0.29, 0.717) is 115 Å². The molecule has 3 fully saturated rings. The number of carbonyl (C=O) groups excluding carboxylic acids is 3. The zero-order valence-electron chi connectivity index (χ0n) is 57.5. The van der Waals surface area contributed by atoms with Crippen LogP contribution in [0, 0.1) is 0 Å². The lowest BCUT2D eigenvalue weighted by molar-refractivity contribution is -0.270. The average molecular weight is 1600 g/mol. The van der Waals surface area contributed by atoms with Crippen LogP contribution in [0.5, 0.6) is 0 Å². The fourth-order valence-electron chi connectivity index (χ4n) is 11.3. The van der Waals surface area contributed by atoms with E-state index < -0.39 is 162 Å². The summed E-state index contributed by atoms with van der Waals surface area (Å²) in [6, 6.07) is -3.23. The number of carbonyl (C=O) groups is 3. The highest BCUT2D eigenvalue weighted by atomic mass is 32.7. The van der Waals surface area contributed by atoms with Gasteiger partial charge in [0.15, 0.2) is 18.9 Å². The van der Waals surface area contributed by atoms with Gasteiger partial charge in [0.05, 0.1) is 73.2 Å². The number of nitrogens with zero attached hydrogens (tertiary/aromatic N) is 1. The summed E-state index contributed by atoms with van der Waals surface area (Å²) < 4.78 is 132. The molecule has 3 saturated heterocycles. The topological polar surface area (TPSA) is 490 Å². The molecule has 0 aromatic rings. The minimum atomic E-state index is -4.12. The van der Waals surface area contributed by atoms with Crippen LogP contribution in [0.2, 0.25) is 0 Å². The second kappa shape index (κ2) is 49.7. The van der Waals surface area contributed by atoms with E-state index in [4.69, 9.17) is 64.3 Å². The number of rotatable bonds is 56. The summed E-state index contributed by atoms with van der Waals surface area (Å²) in [7, 11) is 3.15. The molecule has 19 atom stereocenters. The van der Waals surface area contributed by atoms with E-state index in [9.17, 15) is 83.5 Å². The van der Waals surface area contributed by atoms with Gasteiger partial charge in [0, 0.05) is 52.7 Å². The quantitative estimate of drug-likeness (QED) is 0.0179. The first-order valence-electron chi connectivity index (χ1n) is 33.6. The lowest BCUT2D eigenvalue weighted by Gasteiger charge is -2.43. The predicted molar refractivity (Wildman–Crippen MR) is 373 cm³/mol. The zero-order valence-corrected chi connectivity index (χ0v) is 64.6. The fourth-order valence-corrected chi connectivity index (χ4v) is 16.8. The molecule has 0 bridgehead atoms. The molecule has 3 amide bonds. The first-order chi connectivity index (χ1) is 47.3. The van der Waals surface area contributed by atoms with Crippen molar-refractivity contribution in [2.75, 3.05) is 107 Å². The van der Waals surface area contributed by atoms with Gasteiger partial charge in [-0.1, -0.05) is 75.3 Å². The van der Waals surface area contributed by atoms with Crippen molar-refractivity contribution in [3.8, 4) is 0 Å². The fraction of sp³-hybridized carbons (Fsp3) is 0.947. The van der Waals surface area contributed by atoms with Crippen LogP contribution in [0.3, 0.4) is 0 Å². The standard InChI is InChI=1S/C57H112N4O31P4S4/c1-39(65)58-45-51(71)48(68)42(36-62)90-54(45)80-26-12-6-9-15-29-84-94(76,98)86-32-18-22-57(61(4)25-21-35-83-93(74,75)97,23-19-33-87-95(77,99)85-30-16-10-7-13-27-81-55-46(59-40(2)66)52(72)49(69)43(37-63)91-55)24-20-34-89-96(78,100-79-5)88-31-17-11-8-14-28-82-56-47(60-41(3)67)53(73)50(70)44(38-64)92-56/h42-56,62-64,68-73H,6-38H2,1-5H3,(H,58,65)(H,59,66)(H,60,67)(H,76,98)(H,77,99)(H2,74,75,97). The summed E-state index contributed by atoms with van der Waals surface area (Å²) in [5.41, 5.74) is -0.806. The van der Waals surface area contributed by atoms with Crippen LogP contribution in [0.25, 0.3) is 0 Å². The van der Waals surface area contributed by atoms with Crippen LogP contribution in [-0.4, -0.2) is 278 Å². The highest BCUT2D eigenvalue weighted by molar-refractivity contribution is 8.52. The van der Waals surface area contributed by atoms with E-state index in [1.54, 1.807) is 0 Å². The molecule has 0 radical (unpaired) electrons. The summed E-state index contributed by atoms with van der Waals surface area (Å²) in [5, 5.41) is 98.9. The highest BCUT2D eigenvalue weighted by Crippen LogP contribution is 2.61. The summed E-state index contributed by atoms with van der Waals surface area (Å²) in [6.45, 7) is -13.4. The second-order valence-corrected chi connectivity index (χ2v) is 36.7. The normalized spacial score (nSPS) is 28.9. The molecule has 0 spiro atoms. The van der Waals surface area contributed by atoms with Gasteiger partial charge in [0.25, 0.3) is 0 Å². The third-order valence-corrected chi connectivity index (χ3v) is 23.7. The smallest absolute Gasteiger partial charge is 0.394 e. The Morgan fingerprint density at radius 2 is 0.720 bits per heavy atom. The Bertz CT molecular complexity index is 2410. The minimum Gasteiger partial charge on any atom is -0.394 e. The van der Waals surface area contributed by atoms with Crippen LogP contribution in [0.15, 0.2) is 0 Å². The Labute approximate surface area is 605 Å². The maximum absolute atomic E-state index is 14.0. The monoisotopic (exact) mass is 1600 g/mol. The van der Waals surface area contributed by atoms with Crippen molar-refractivity contribution >= 4 is 93.3 Å². The van der Waals surface area contributed by atoms with Gasteiger partial charge in [-0.25, -0.2) is 18.3 Å². The minimum absolute atomic E-state index is 0.0271. The van der Waals surface area contributed by atoms with Crippen LogP contribution in [0.4, 0.5) is 0 Å². The SMILES string of the molecule is COSP(=O)(OCCCCCCOC1OC(CO)C(O)C(O)C1NC(C)=O)OCCCC(CCCOP(=O)(S)OCCCCCCOC1OC(CO)C(O)C(O)C1NC(C)=O)(CCCOP(=O)(S)OCCCCCCOC1OC(CO)C(O)C(O)C1NC(C)=O)N(C)CCCOP(=O)(O)S. The van der Waals surface area contributed by atoms with Gasteiger partial charge in [-0.15, -0.1) is 0 Å².